The lowest BCUT2D eigenvalue weighted by molar-refractivity contribution is -0.120. The monoisotopic (exact) mass is 502 g/mol. The average Bonchev–Trinajstić information content (AvgIpc) is 3.19. The van der Waals surface area contributed by atoms with Gasteiger partial charge < -0.3 is 19.6 Å². The fourth-order valence-electron chi connectivity index (χ4n) is 3.71. The number of carboxylic acids is 1. The molecule has 1 unspecified atom stereocenters. The van der Waals surface area contributed by atoms with Crippen molar-refractivity contribution in [1.29, 1.82) is 0 Å². The molecule has 10 heteroatoms. The number of nitrogens with one attached hydrogen (secondary N) is 1. The molecule has 1 aliphatic heterocycles. The van der Waals surface area contributed by atoms with E-state index in [1.807, 2.05) is 0 Å². The summed E-state index contributed by atoms with van der Waals surface area (Å²) in [5.41, 5.74) is 0.694. The highest BCUT2D eigenvalue weighted by atomic mass is 35.5. The first kappa shape index (κ1) is 23.7. The second kappa shape index (κ2) is 10.2. The number of hydrogen-bond donors (Lipinski definition) is 2. The van der Waals surface area contributed by atoms with E-state index in [0.29, 0.717) is 40.0 Å². The first-order valence-electron chi connectivity index (χ1n) is 10.4. The van der Waals surface area contributed by atoms with E-state index in [4.69, 9.17) is 32.4 Å². The Morgan fingerprint density at radius 2 is 1.91 bits per heavy atom. The first-order valence-corrected chi connectivity index (χ1v) is 11.2. The zero-order chi connectivity index (χ0) is 24.2. The molecule has 2 amide bonds. The van der Waals surface area contributed by atoms with Crippen LogP contribution in [0, 0.1) is 0 Å². The van der Waals surface area contributed by atoms with E-state index in [0.717, 1.165) is 0 Å². The zero-order valence-corrected chi connectivity index (χ0v) is 19.3. The number of nitrogens with zero attached hydrogens (tertiary/aromatic N) is 1. The number of amides is 2. The van der Waals surface area contributed by atoms with Crippen LogP contribution in [0.3, 0.4) is 0 Å². The van der Waals surface area contributed by atoms with Crippen molar-refractivity contribution in [2.75, 3.05) is 11.9 Å². The van der Waals surface area contributed by atoms with Gasteiger partial charge in [0.05, 0.1) is 29.4 Å². The van der Waals surface area contributed by atoms with Crippen molar-refractivity contribution in [3.05, 3.63) is 76.0 Å². The van der Waals surface area contributed by atoms with Crippen LogP contribution in [0.4, 0.5) is 10.5 Å². The van der Waals surface area contributed by atoms with Crippen molar-refractivity contribution in [1.82, 2.24) is 4.90 Å². The lowest BCUT2D eigenvalue weighted by Gasteiger charge is -2.27. The molecule has 2 N–H and O–H groups in total. The lowest BCUT2D eigenvalue weighted by Crippen LogP contribution is -2.45. The Morgan fingerprint density at radius 1 is 1.12 bits per heavy atom. The van der Waals surface area contributed by atoms with E-state index < -0.39 is 24.0 Å². The van der Waals surface area contributed by atoms with Crippen LogP contribution >= 0.6 is 23.2 Å². The normalized spacial score (nSPS) is 16.0. The van der Waals surface area contributed by atoms with E-state index >= 15 is 0 Å². The summed E-state index contributed by atoms with van der Waals surface area (Å²) in [5, 5.41) is 13.0. The molecule has 0 saturated carbocycles. The molecule has 1 aromatic heterocycles. The van der Waals surface area contributed by atoms with Gasteiger partial charge in [0.25, 0.3) is 0 Å². The third-order valence-electron chi connectivity index (χ3n) is 5.36. The molecule has 1 saturated heterocycles. The number of carbonyl (C=O) groups is 3. The number of anilines is 1. The zero-order valence-electron chi connectivity index (χ0n) is 17.8. The van der Waals surface area contributed by atoms with Gasteiger partial charge in [-0.2, -0.15) is 0 Å². The van der Waals surface area contributed by atoms with Crippen LogP contribution in [0.5, 0.6) is 0 Å². The van der Waals surface area contributed by atoms with Crippen LogP contribution in [0.2, 0.25) is 10.0 Å². The summed E-state index contributed by atoms with van der Waals surface area (Å²) >= 11 is 12.3. The molecule has 1 atom stereocenters. The molecule has 34 heavy (non-hydrogen) atoms. The summed E-state index contributed by atoms with van der Waals surface area (Å²) in [7, 11) is 0. The van der Waals surface area contributed by atoms with Gasteiger partial charge >= 0.3 is 12.1 Å². The molecule has 0 bridgehead atoms. The molecular weight excluding hydrogens is 483 g/mol. The van der Waals surface area contributed by atoms with Crippen molar-refractivity contribution in [3.8, 4) is 11.3 Å². The smallest absolute Gasteiger partial charge is 0.410 e. The Kier molecular flexibility index (Phi) is 7.09. The van der Waals surface area contributed by atoms with Crippen molar-refractivity contribution < 1.29 is 28.6 Å². The summed E-state index contributed by atoms with van der Waals surface area (Å²) in [5.74, 6) is -0.816. The minimum Gasteiger partial charge on any atom is -0.478 e. The van der Waals surface area contributed by atoms with E-state index in [9.17, 15) is 19.5 Å². The van der Waals surface area contributed by atoms with E-state index in [2.05, 4.69) is 5.32 Å². The van der Waals surface area contributed by atoms with Gasteiger partial charge in [-0.05, 0) is 55.3 Å². The summed E-state index contributed by atoms with van der Waals surface area (Å²) in [6.07, 6.45) is 0.144. The number of hydrogen-bond acceptors (Lipinski definition) is 5. The van der Waals surface area contributed by atoms with Gasteiger partial charge in [0.15, 0.2) is 0 Å². The van der Waals surface area contributed by atoms with Crippen LogP contribution in [0.15, 0.2) is 59.0 Å². The second-order valence-electron chi connectivity index (χ2n) is 7.63. The van der Waals surface area contributed by atoms with Crippen LogP contribution in [-0.2, 0) is 16.1 Å². The molecule has 1 fully saturated rings. The third kappa shape index (κ3) is 5.18. The highest BCUT2D eigenvalue weighted by Crippen LogP contribution is 2.32. The standard InChI is InChI=1S/C24H20Cl2N2O6/c25-14-7-9-18(26)17(12-14)21-10-8-15(34-21)13-28-20(6-3-11-33-24(28)32)22(29)27-19-5-2-1-4-16(19)23(30)31/h1-2,4-5,7-10,12,20H,3,6,11,13H2,(H,27,29)(H,30,31). The maximum absolute atomic E-state index is 13.1. The van der Waals surface area contributed by atoms with Crippen LogP contribution in [0.1, 0.15) is 29.0 Å². The molecule has 0 aliphatic carbocycles. The van der Waals surface area contributed by atoms with Gasteiger partial charge in [0, 0.05) is 10.6 Å². The molecule has 0 radical (unpaired) electrons. The maximum Gasteiger partial charge on any atom is 0.410 e. The van der Waals surface area contributed by atoms with E-state index in [-0.39, 0.29) is 24.4 Å². The van der Waals surface area contributed by atoms with Gasteiger partial charge in [0.1, 0.15) is 17.6 Å². The van der Waals surface area contributed by atoms with Crippen LogP contribution < -0.4 is 5.32 Å². The number of furan rings is 1. The Bertz CT molecular complexity index is 1240. The number of halogens is 2. The highest BCUT2D eigenvalue weighted by molar-refractivity contribution is 6.35. The van der Waals surface area contributed by atoms with E-state index in [1.54, 1.807) is 42.5 Å². The largest absolute Gasteiger partial charge is 0.478 e. The second-order valence-corrected chi connectivity index (χ2v) is 8.47. The molecule has 176 valence electrons. The van der Waals surface area contributed by atoms with Gasteiger partial charge in [-0.3, -0.25) is 9.69 Å². The van der Waals surface area contributed by atoms with Gasteiger partial charge in [0.2, 0.25) is 5.91 Å². The Morgan fingerprint density at radius 3 is 2.71 bits per heavy atom. The number of aromatic carboxylic acids is 1. The Labute approximate surface area is 205 Å². The maximum atomic E-state index is 13.1. The molecule has 4 rings (SSSR count). The molecule has 0 spiro atoms. The molecular formula is C24H20Cl2N2O6. The molecule has 3 aromatic rings. The number of para-hydroxylation sites is 1. The molecule has 8 nitrogen and oxygen atoms in total. The molecule has 1 aliphatic rings. The lowest BCUT2D eigenvalue weighted by atomic mass is 10.1. The van der Waals surface area contributed by atoms with Gasteiger partial charge in [-0.1, -0.05) is 35.3 Å². The summed E-state index contributed by atoms with van der Waals surface area (Å²) < 4.78 is 11.1. The Balaban J connectivity index is 1.57. The predicted molar refractivity (Wildman–Crippen MR) is 126 cm³/mol. The predicted octanol–water partition coefficient (Wildman–Crippen LogP) is 5.69. The summed E-state index contributed by atoms with van der Waals surface area (Å²) in [6, 6.07) is 13.5. The summed E-state index contributed by atoms with van der Waals surface area (Å²) in [6.45, 7) is 0.141. The van der Waals surface area contributed by atoms with E-state index in [1.165, 1.54) is 17.0 Å². The number of cyclic esters (lactones) is 1. The summed E-state index contributed by atoms with van der Waals surface area (Å²) in [4.78, 5) is 38.6. The first-order chi connectivity index (χ1) is 16.3. The number of carboxylic acid groups (broad SMARTS) is 1. The van der Waals surface area contributed by atoms with Crippen LogP contribution in [0.25, 0.3) is 11.3 Å². The van der Waals surface area contributed by atoms with Crippen LogP contribution in [-0.4, -0.2) is 40.6 Å². The topological polar surface area (TPSA) is 109 Å². The third-order valence-corrected chi connectivity index (χ3v) is 5.92. The van der Waals surface area contributed by atoms with Crippen molar-refractivity contribution in [2.24, 2.45) is 0 Å². The Hall–Kier alpha value is -3.49. The number of benzene rings is 2. The van der Waals surface area contributed by atoms with Gasteiger partial charge in [-0.15, -0.1) is 0 Å². The average molecular weight is 503 g/mol. The van der Waals surface area contributed by atoms with Crippen molar-refractivity contribution in [3.63, 3.8) is 0 Å². The minimum absolute atomic E-state index is 0.0321. The van der Waals surface area contributed by atoms with Crippen molar-refractivity contribution >= 4 is 46.9 Å². The fraction of sp³-hybridized carbons (Fsp3) is 0.208. The minimum atomic E-state index is -1.17. The fourth-order valence-corrected chi connectivity index (χ4v) is 4.09. The number of carbonyl (C=O) groups excluding carboxylic acids is 2. The number of ether oxygens (including phenoxy) is 1. The molecule has 2 heterocycles. The van der Waals surface area contributed by atoms with Gasteiger partial charge in [-0.25, -0.2) is 9.59 Å². The number of rotatable bonds is 6. The van der Waals surface area contributed by atoms with Crippen molar-refractivity contribution in [2.45, 2.75) is 25.4 Å². The quantitative estimate of drug-likeness (QED) is 0.447. The SMILES string of the molecule is O=C(O)c1ccccc1NC(=O)C1CCCOC(=O)N1Cc1ccc(-c2cc(Cl)ccc2Cl)o1. The molecule has 2 aromatic carbocycles. The highest BCUT2D eigenvalue weighted by Gasteiger charge is 2.34.